The number of nitrogens with zero attached hydrogens (tertiary/aromatic N) is 2. The molecule has 0 radical (unpaired) electrons. The Morgan fingerprint density at radius 3 is 2.79 bits per heavy atom. The molecule has 0 bridgehead atoms. The zero-order chi connectivity index (χ0) is 9.97. The van der Waals surface area contributed by atoms with Gasteiger partial charge in [0.05, 0.1) is 6.54 Å². The quantitative estimate of drug-likeness (QED) is 0.618. The third-order valence-electron chi connectivity index (χ3n) is 2.70. The van der Waals surface area contributed by atoms with Crippen molar-refractivity contribution in [1.29, 1.82) is 0 Å². The van der Waals surface area contributed by atoms with E-state index < -0.39 is 0 Å². The van der Waals surface area contributed by atoms with Crippen LogP contribution in [0, 0.1) is 0 Å². The first-order valence-electron chi connectivity index (χ1n) is 5.13. The average molecular weight is 192 g/mol. The fourth-order valence-corrected chi connectivity index (χ4v) is 1.86. The Morgan fingerprint density at radius 2 is 2.14 bits per heavy atom. The zero-order valence-corrected chi connectivity index (χ0v) is 8.57. The van der Waals surface area contributed by atoms with Crippen molar-refractivity contribution in [3.63, 3.8) is 0 Å². The van der Waals surface area contributed by atoms with Gasteiger partial charge in [-0.05, 0) is 26.0 Å². The SMILES string of the molecule is CN1CCN(C2=CCCC=C2)C(=O)C1. The molecule has 0 spiro atoms. The summed E-state index contributed by atoms with van der Waals surface area (Å²) in [5.41, 5.74) is 1.09. The number of carbonyl (C=O) groups excluding carboxylic acids is 1. The highest BCUT2D eigenvalue weighted by molar-refractivity contribution is 5.81. The molecular weight excluding hydrogens is 176 g/mol. The molecule has 2 rings (SSSR count). The number of rotatable bonds is 1. The summed E-state index contributed by atoms with van der Waals surface area (Å²) in [5.74, 6) is 0.219. The van der Waals surface area contributed by atoms with Crippen LogP contribution in [0.2, 0.25) is 0 Å². The highest BCUT2D eigenvalue weighted by atomic mass is 16.2. The van der Waals surface area contributed by atoms with Crippen LogP contribution in [0.4, 0.5) is 0 Å². The first-order chi connectivity index (χ1) is 6.77. The fourth-order valence-electron chi connectivity index (χ4n) is 1.86. The molecule has 0 N–H and O–H groups in total. The van der Waals surface area contributed by atoms with Crippen molar-refractivity contribution in [2.75, 3.05) is 26.7 Å². The van der Waals surface area contributed by atoms with E-state index in [1.165, 1.54) is 0 Å². The van der Waals surface area contributed by atoms with Crippen LogP contribution in [0.3, 0.4) is 0 Å². The molecule has 1 aliphatic carbocycles. The molecule has 3 nitrogen and oxygen atoms in total. The van der Waals surface area contributed by atoms with Gasteiger partial charge < -0.3 is 4.90 Å². The molecule has 0 aromatic rings. The molecule has 0 aromatic carbocycles. The molecule has 1 heterocycles. The summed E-state index contributed by atoms with van der Waals surface area (Å²) < 4.78 is 0. The maximum absolute atomic E-state index is 11.7. The number of allylic oxidation sites excluding steroid dienone is 3. The predicted octanol–water partition coefficient (Wildman–Crippen LogP) is 0.994. The van der Waals surface area contributed by atoms with Crippen molar-refractivity contribution in [3.05, 3.63) is 23.9 Å². The normalized spacial score (nSPS) is 23.9. The molecule has 1 saturated heterocycles. The van der Waals surface area contributed by atoms with Crippen LogP contribution in [-0.2, 0) is 4.79 Å². The van der Waals surface area contributed by atoms with Gasteiger partial charge in [-0.15, -0.1) is 0 Å². The van der Waals surface area contributed by atoms with Crippen LogP contribution in [0.15, 0.2) is 23.9 Å². The number of piperazine rings is 1. The summed E-state index contributed by atoms with van der Waals surface area (Å²) in [6.07, 6.45) is 8.52. The molecule has 76 valence electrons. The van der Waals surface area contributed by atoms with Gasteiger partial charge in [-0.25, -0.2) is 0 Å². The molecular formula is C11H16N2O. The zero-order valence-electron chi connectivity index (χ0n) is 8.57. The van der Waals surface area contributed by atoms with Gasteiger partial charge in [0.15, 0.2) is 0 Å². The average Bonchev–Trinajstić information content (AvgIpc) is 2.19. The van der Waals surface area contributed by atoms with E-state index >= 15 is 0 Å². The fraction of sp³-hybridized carbons (Fsp3) is 0.545. The lowest BCUT2D eigenvalue weighted by Crippen LogP contribution is -2.47. The standard InChI is InChI=1S/C11H16N2O/c1-12-7-8-13(11(14)9-12)10-5-3-2-4-6-10/h3,5-6H,2,4,7-9H2,1H3. The maximum atomic E-state index is 11.7. The topological polar surface area (TPSA) is 23.6 Å². The lowest BCUT2D eigenvalue weighted by atomic mass is 10.1. The van der Waals surface area contributed by atoms with Gasteiger partial charge in [-0.2, -0.15) is 0 Å². The predicted molar refractivity (Wildman–Crippen MR) is 55.7 cm³/mol. The van der Waals surface area contributed by atoms with Gasteiger partial charge in [0.1, 0.15) is 0 Å². The Morgan fingerprint density at radius 1 is 1.29 bits per heavy atom. The van der Waals surface area contributed by atoms with Gasteiger partial charge in [-0.3, -0.25) is 9.69 Å². The largest absolute Gasteiger partial charge is 0.310 e. The van der Waals surface area contributed by atoms with E-state index in [1.807, 2.05) is 11.9 Å². The summed E-state index contributed by atoms with van der Waals surface area (Å²) in [6.45, 7) is 2.34. The van der Waals surface area contributed by atoms with Crippen molar-refractivity contribution in [3.8, 4) is 0 Å². The van der Waals surface area contributed by atoms with E-state index in [1.54, 1.807) is 0 Å². The van der Waals surface area contributed by atoms with E-state index in [2.05, 4.69) is 23.1 Å². The molecule has 3 heteroatoms. The highest BCUT2D eigenvalue weighted by Gasteiger charge is 2.23. The second-order valence-corrected chi connectivity index (χ2v) is 3.89. The van der Waals surface area contributed by atoms with E-state index in [-0.39, 0.29) is 5.91 Å². The highest BCUT2D eigenvalue weighted by Crippen LogP contribution is 2.16. The van der Waals surface area contributed by atoms with Crippen molar-refractivity contribution in [2.24, 2.45) is 0 Å². The van der Waals surface area contributed by atoms with Crippen molar-refractivity contribution < 1.29 is 4.79 Å². The van der Waals surface area contributed by atoms with Crippen LogP contribution < -0.4 is 0 Å². The number of amides is 1. The van der Waals surface area contributed by atoms with E-state index in [9.17, 15) is 4.79 Å². The number of hydrogen-bond donors (Lipinski definition) is 0. The van der Waals surface area contributed by atoms with Crippen molar-refractivity contribution in [2.45, 2.75) is 12.8 Å². The minimum absolute atomic E-state index is 0.219. The first-order valence-corrected chi connectivity index (χ1v) is 5.13. The third-order valence-corrected chi connectivity index (χ3v) is 2.70. The number of carbonyl (C=O) groups is 1. The lowest BCUT2D eigenvalue weighted by Gasteiger charge is -2.33. The summed E-state index contributed by atoms with van der Waals surface area (Å²) in [7, 11) is 1.99. The van der Waals surface area contributed by atoms with Crippen LogP contribution in [0.25, 0.3) is 0 Å². The number of hydrogen-bond acceptors (Lipinski definition) is 2. The monoisotopic (exact) mass is 192 g/mol. The smallest absolute Gasteiger partial charge is 0.241 e. The summed E-state index contributed by atoms with van der Waals surface area (Å²) in [5, 5.41) is 0. The van der Waals surface area contributed by atoms with E-state index in [4.69, 9.17) is 0 Å². The van der Waals surface area contributed by atoms with Gasteiger partial charge in [0, 0.05) is 18.8 Å². The first kappa shape index (κ1) is 9.46. The van der Waals surface area contributed by atoms with Crippen LogP contribution in [0.5, 0.6) is 0 Å². The van der Waals surface area contributed by atoms with E-state index in [0.29, 0.717) is 6.54 Å². The second kappa shape index (κ2) is 3.96. The Balaban J connectivity index is 2.07. The minimum atomic E-state index is 0.219. The van der Waals surface area contributed by atoms with Crippen LogP contribution in [-0.4, -0.2) is 42.4 Å². The molecule has 0 atom stereocenters. The van der Waals surface area contributed by atoms with Gasteiger partial charge in [0.25, 0.3) is 0 Å². The second-order valence-electron chi connectivity index (χ2n) is 3.89. The summed E-state index contributed by atoms with van der Waals surface area (Å²) >= 11 is 0. The van der Waals surface area contributed by atoms with E-state index in [0.717, 1.165) is 31.6 Å². The van der Waals surface area contributed by atoms with Crippen LogP contribution in [0.1, 0.15) is 12.8 Å². The van der Waals surface area contributed by atoms with Gasteiger partial charge in [-0.1, -0.05) is 12.2 Å². The molecule has 1 amide bonds. The lowest BCUT2D eigenvalue weighted by molar-refractivity contribution is -0.132. The molecule has 14 heavy (non-hydrogen) atoms. The number of likely N-dealkylation sites (N-methyl/N-ethyl adjacent to an activating group) is 1. The third kappa shape index (κ3) is 1.87. The Kier molecular flexibility index (Phi) is 2.68. The Bertz CT molecular complexity index is 294. The minimum Gasteiger partial charge on any atom is -0.310 e. The molecule has 0 unspecified atom stereocenters. The molecule has 0 saturated carbocycles. The van der Waals surface area contributed by atoms with Crippen molar-refractivity contribution in [1.82, 2.24) is 9.80 Å². The van der Waals surface area contributed by atoms with Crippen molar-refractivity contribution >= 4 is 5.91 Å². The molecule has 1 fully saturated rings. The maximum Gasteiger partial charge on any atom is 0.241 e. The molecule has 0 aromatic heterocycles. The Labute approximate surface area is 84.7 Å². The Hall–Kier alpha value is -1.09. The molecule has 1 aliphatic heterocycles. The van der Waals surface area contributed by atoms with Crippen LogP contribution >= 0.6 is 0 Å². The summed E-state index contributed by atoms with van der Waals surface area (Å²) in [4.78, 5) is 15.7. The van der Waals surface area contributed by atoms with Gasteiger partial charge in [0.2, 0.25) is 5.91 Å². The summed E-state index contributed by atoms with van der Waals surface area (Å²) in [6, 6.07) is 0. The molecule has 2 aliphatic rings. The van der Waals surface area contributed by atoms with Gasteiger partial charge >= 0.3 is 0 Å².